The van der Waals surface area contributed by atoms with Gasteiger partial charge in [0.05, 0.1) is 0 Å². The molecule has 1 unspecified atom stereocenters. The molecule has 4 heteroatoms. The van der Waals surface area contributed by atoms with Gasteiger partial charge in [-0.25, -0.2) is 0 Å². The summed E-state index contributed by atoms with van der Waals surface area (Å²) in [6, 6.07) is 0. The van der Waals surface area contributed by atoms with Gasteiger partial charge in [-0.2, -0.15) is 0 Å². The van der Waals surface area contributed by atoms with Gasteiger partial charge in [-0.1, -0.05) is 20.3 Å². The summed E-state index contributed by atoms with van der Waals surface area (Å²) < 4.78 is 0. The Morgan fingerprint density at radius 2 is 1.88 bits per heavy atom. The molecule has 4 nitrogen and oxygen atoms in total. The summed E-state index contributed by atoms with van der Waals surface area (Å²) in [6.07, 6.45) is 3.13. The monoisotopic (exact) mass is 225 g/mol. The molecule has 1 heterocycles. The average molecular weight is 225 g/mol. The van der Waals surface area contributed by atoms with E-state index in [1.807, 2.05) is 0 Å². The topological polar surface area (TPSA) is 58.4 Å². The van der Waals surface area contributed by atoms with Gasteiger partial charge in [0, 0.05) is 26.2 Å². The quantitative estimate of drug-likeness (QED) is 0.712. The minimum absolute atomic E-state index is 0.0101. The third-order valence-electron chi connectivity index (χ3n) is 4.52. The Labute approximate surface area is 97.6 Å². The Morgan fingerprint density at radius 1 is 1.25 bits per heavy atom. The lowest BCUT2D eigenvalue weighted by Gasteiger charge is -2.49. The summed E-state index contributed by atoms with van der Waals surface area (Å²) in [4.78, 5) is 14.3. The lowest BCUT2D eigenvalue weighted by Crippen LogP contribution is -2.66. The number of carbonyl (C=O) groups excluding carboxylic acids is 1. The second kappa shape index (κ2) is 4.00. The van der Waals surface area contributed by atoms with Crippen LogP contribution in [0.1, 0.15) is 33.1 Å². The maximum atomic E-state index is 12.0. The van der Waals surface area contributed by atoms with E-state index in [1.165, 1.54) is 0 Å². The zero-order valence-electron chi connectivity index (χ0n) is 10.4. The maximum Gasteiger partial charge on any atom is 0.238 e. The molecule has 16 heavy (non-hydrogen) atoms. The summed E-state index contributed by atoms with van der Waals surface area (Å²) >= 11 is 0. The number of rotatable bonds is 2. The van der Waals surface area contributed by atoms with Crippen molar-refractivity contribution in [3.05, 3.63) is 0 Å². The highest BCUT2D eigenvalue weighted by molar-refractivity contribution is 5.86. The number of hydrogen-bond acceptors (Lipinski definition) is 3. The summed E-state index contributed by atoms with van der Waals surface area (Å²) in [7, 11) is 0. The molecule has 1 aliphatic carbocycles. The highest BCUT2D eigenvalue weighted by Gasteiger charge is 2.56. The van der Waals surface area contributed by atoms with Crippen LogP contribution in [-0.4, -0.2) is 42.5 Å². The molecule has 2 rings (SSSR count). The smallest absolute Gasteiger partial charge is 0.238 e. The van der Waals surface area contributed by atoms with Crippen LogP contribution in [0, 0.1) is 5.41 Å². The summed E-state index contributed by atoms with van der Waals surface area (Å²) in [6.45, 7) is 8.18. The van der Waals surface area contributed by atoms with E-state index in [9.17, 15) is 4.79 Å². The van der Waals surface area contributed by atoms with Crippen LogP contribution in [0.5, 0.6) is 0 Å². The van der Waals surface area contributed by atoms with Gasteiger partial charge in [0.15, 0.2) is 0 Å². The molecular weight excluding hydrogens is 202 g/mol. The molecule has 0 radical (unpaired) electrons. The van der Waals surface area contributed by atoms with Crippen molar-refractivity contribution in [3.63, 3.8) is 0 Å². The molecule has 0 aromatic rings. The first-order chi connectivity index (χ1) is 7.51. The molecular formula is C12H23N3O. The van der Waals surface area contributed by atoms with Crippen molar-refractivity contribution in [2.24, 2.45) is 11.1 Å². The minimum atomic E-state index is -0.408. The molecule has 1 atom stereocenters. The van der Waals surface area contributed by atoms with Gasteiger partial charge >= 0.3 is 0 Å². The first-order valence-electron chi connectivity index (χ1n) is 6.26. The van der Waals surface area contributed by atoms with Crippen LogP contribution in [0.4, 0.5) is 0 Å². The Bertz CT molecular complexity index is 284. The highest BCUT2D eigenvalue weighted by atomic mass is 16.1. The van der Waals surface area contributed by atoms with Gasteiger partial charge < -0.3 is 11.1 Å². The largest absolute Gasteiger partial charge is 0.368 e. The van der Waals surface area contributed by atoms with Crippen LogP contribution in [0.2, 0.25) is 0 Å². The molecule has 0 bridgehead atoms. The molecule has 0 aromatic heterocycles. The van der Waals surface area contributed by atoms with Crippen LogP contribution in [0.3, 0.4) is 0 Å². The van der Waals surface area contributed by atoms with Crippen molar-refractivity contribution in [1.82, 2.24) is 10.2 Å². The molecule has 92 valence electrons. The molecule has 3 N–H and O–H groups in total. The third-order valence-corrected chi connectivity index (χ3v) is 4.52. The minimum Gasteiger partial charge on any atom is -0.368 e. The first-order valence-corrected chi connectivity index (χ1v) is 6.26. The van der Waals surface area contributed by atoms with Gasteiger partial charge in [-0.15, -0.1) is 0 Å². The van der Waals surface area contributed by atoms with E-state index in [0.717, 1.165) is 45.4 Å². The van der Waals surface area contributed by atoms with Crippen molar-refractivity contribution in [3.8, 4) is 0 Å². The molecule has 2 fully saturated rings. The fourth-order valence-electron chi connectivity index (χ4n) is 3.58. The van der Waals surface area contributed by atoms with Crippen LogP contribution >= 0.6 is 0 Å². The molecule has 1 saturated carbocycles. The SMILES string of the molecule is CC1(C)CCCC1(C(N)=O)N1CCNCC1. The van der Waals surface area contributed by atoms with Crippen LogP contribution < -0.4 is 11.1 Å². The second-order valence-electron chi connectivity index (χ2n) is 5.70. The molecule has 2 aliphatic rings. The molecule has 1 saturated heterocycles. The first kappa shape index (κ1) is 11.9. The molecule has 0 spiro atoms. The predicted octanol–water partition coefficient (Wildman–Crippen LogP) is 0.326. The Kier molecular flexibility index (Phi) is 2.97. The van der Waals surface area contributed by atoms with Gasteiger partial charge in [0.2, 0.25) is 5.91 Å². The van der Waals surface area contributed by atoms with Crippen molar-refractivity contribution in [2.75, 3.05) is 26.2 Å². The summed E-state index contributed by atoms with van der Waals surface area (Å²) in [5, 5.41) is 3.33. The maximum absolute atomic E-state index is 12.0. The Balaban J connectivity index is 2.31. The number of primary amides is 1. The van der Waals surface area contributed by atoms with Gasteiger partial charge in [-0.05, 0) is 18.3 Å². The van der Waals surface area contributed by atoms with Crippen molar-refractivity contribution in [1.29, 1.82) is 0 Å². The number of nitrogens with one attached hydrogen (secondary N) is 1. The zero-order valence-corrected chi connectivity index (χ0v) is 10.4. The predicted molar refractivity (Wildman–Crippen MR) is 64.0 cm³/mol. The normalized spacial score (nSPS) is 35.1. The van der Waals surface area contributed by atoms with E-state index in [1.54, 1.807) is 0 Å². The molecule has 1 amide bonds. The molecule has 1 aliphatic heterocycles. The Morgan fingerprint density at radius 3 is 2.31 bits per heavy atom. The van der Waals surface area contributed by atoms with Gasteiger partial charge in [0.25, 0.3) is 0 Å². The highest BCUT2D eigenvalue weighted by Crippen LogP contribution is 2.49. The number of hydrogen-bond donors (Lipinski definition) is 2. The molecule has 0 aromatic carbocycles. The van der Waals surface area contributed by atoms with Crippen LogP contribution in [0.15, 0.2) is 0 Å². The number of amides is 1. The van der Waals surface area contributed by atoms with Gasteiger partial charge in [-0.3, -0.25) is 9.69 Å². The third kappa shape index (κ3) is 1.55. The summed E-state index contributed by atoms with van der Waals surface area (Å²) in [5.41, 5.74) is 5.34. The van der Waals surface area contributed by atoms with Crippen molar-refractivity contribution in [2.45, 2.75) is 38.6 Å². The number of nitrogens with zero attached hydrogens (tertiary/aromatic N) is 1. The number of nitrogens with two attached hydrogens (primary N) is 1. The lowest BCUT2D eigenvalue weighted by molar-refractivity contribution is -0.137. The number of piperazine rings is 1. The Hall–Kier alpha value is -0.610. The van der Waals surface area contributed by atoms with E-state index in [2.05, 4.69) is 24.1 Å². The van der Waals surface area contributed by atoms with E-state index in [0.29, 0.717) is 0 Å². The fourth-order valence-corrected chi connectivity index (χ4v) is 3.58. The van der Waals surface area contributed by atoms with Crippen LogP contribution in [-0.2, 0) is 4.79 Å². The van der Waals surface area contributed by atoms with E-state index in [4.69, 9.17) is 5.73 Å². The number of carbonyl (C=O) groups is 1. The average Bonchev–Trinajstić information content (AvgIpc) is 2.56. The van der Waals surface area contributed by atoms with E-state index < -0.39 is 5.54 Å². The fraction of sp³-hybridized carbons (Fsp3) is 0.917. The zero-order chi connectivity index (χ0) is 11.8. The van der Waals surface area contributed by atoms with E-state index in [-0.39, 0.29) is 11.3 Å². The lowest BCUT2D eigenvalue weighted by atomic mass is 9.72. The van der Waals surface area contributed by atoms with Gasteiger partial charge in [0.1, 0.15) is 5.54 Å². The van der Waals surface area contributed by atoms with E-state index >= 15 is 0 Å². The second-order valence-corrected chi connectivity index (χ2v) is 5.70. The van der Waals surface area contributed by atoms with Crippen molar-refractivity contribution >= 4 is 5.91 Å². The van der Waals surface area contributed by atoms with Crippen LogP contribution in [0.25, 0.3) is 0 Å². The van der Waals surface area contributed by atoms with Crippen molar-refractivity contribution < 1.29 is 4.79 Å². The summed E-state index contributed by atoms with van der Waals surface area (Å²) in [5.74, 6) is -0.128. The standard InChI is InChI=1S/C12H23N3O/c1-11(2)4-3-5-12(11,10(13)16)15-8-6-14-7-9-15/h14H,3-9H2,1-2H3,(H2,13,16).